The number of hydrogen-bond donors (Lipinski definition) is 1. The van der Waals surface area contributed by atoms with Crippen molar-refractivity contribution >= 4 is 17.5 Å². The lowest BCUT2D eigenvalue weighted by Gasteiger charge is -2.16. The second-order valence-corrected chi connectivity index (χ2v) is 4.66. The minimum absolute atomic E-state index is 0.0460. The third kappa shape index (κ3) is 3.65. The van der Waals surface area contributed by atoms with E-state index in [0.29, 0.717) is 0 Å². The molecule has 0 aliphatic heterocycles. The van der Waals surface area contributed by atoms with Crippen LogP contribution in [0, 0.1) is 26.9 Å². The number of nitrogens with one attached hydrogen (secondary N) is 1. The summed E-state index contributed by atoms with van der Waals surface area (Å²) in [6.45, 7) is 3.51. The van der Waals surface area contributed by atoms with E-state index in [1.165, 1.54) is 19.2 Å². The Morgan fingerprint density at radius 3 is 2.75 bits per heavy atom. The Morgan fingerprint density at radius 2 is 2.25 bits per heavy atom. The minimum atomic E-state index is -0.725. The lowest BCUT2D eigenvalue weighted by molar-refractivity contribution is -0.384. The number of aromatic nitrogens is 1. The van der Waals surface area contributed by atoms with Crippen LogP contribution in [-0.2, 0) is 4.74 Å². The van der Waals surface area contributed by atoms with Gasteiger partial charge in [0.05, 0.1) is 23.5 Å². The van der Waals surface area contributed by atoms with Crippen molar-refractivity contribution in [2.24, 2.45) is 5.41 Å². The molecule has 1 rings (SSSR count). The van der Waals surface area contributed by atoms with E-state index in [9.17, 15) is 14.9 Å². The molecular weight excluding hydrogens is 264 g/mol. The van der Waals surface area contributed by atoms with Gasteiger partial charge in [0.25, 0.3) is 0 Å². The van der Waals surface area contributed by atoms with Crippen molar-refractivity contribution in [1.29, 1.82) is 5.26 Å². The van der Waals surface area contributed by atoms with Gasteiger partial charge >= 0.3 is 11.7 Å². The number of nitrogens with zero attached hydrogens (tertiary/aromatic N) is 3. The van der Waals surface area contributed by atoms with Crippen LogP contribution in [0.15, 0.2) is 12.1 Å². The Kier molecular flexibility index (Phi) is 4.59. The van der Waals surface area contributed by atoms with Gasteiger partial charge in [-0.15, -0.1) is 0 Å². The van der Waals surface area contributed by atoms with E-state index in [1.54, 1.807) is 13.8 Å². The Labute approximate surface area is 115 Å². The highest BCUT2D eigenvalue weighted by Crippen LogP contribution is 2.24. The van der Waals surface area contributed by atoms with Gasteiger partial charge in [-0.3, -0.25) is 10.1 Å². The molecule has 0 fully saturated rings. The molecule has 0 unspecified atom stereocenters. The van der Waals surface area contributed by atoms with Crippen molar-refractivity contribution in [3.05, 3.63) is 27.9 Å². The van der Waals surface area contributed by atoms with E-state index in [2.05, 4.69) is 21.1 Å². The lowest BCUT2D eigenvalue weighted by Crippen LogP contribution is -2.22. The van der Waals surface area contributed by atoms with Crippen molar-refractivity contribution in [2.45, 2.75) is 13.8 Å². The molecule has 0 aliphatic rings. The van der Waals surface area contributed by atoms with Crippen LogP contribution in [0.2, 0.25) is 0 Å². The van der Waals surface area contributed by atoms with Crippen LogP contribution in [-0.4, -0.2) is 29.5 Å². The number of methoxy groups -OCH3 is 1. The Hall–Kier alpha value is -2.69. The molecule has 8 nitrogen and oxygen atoms in total. The maximum atomic E-state index is 11.4. The zero-order valence-corrected chi connectivity index (χ0v) is 11.3. The van der Waals surface area contributed by atoms with Gasteiger partial charge in [0.1, 0.15) is 0 Å². The highest BCUT2D eigenvalue weighted by Gasteiger charge is 2.22. The molecule has 1 aromatic heterocycles. The van der Waals surface area contributed by atoms with Crippen LogP contribution in [0.5, 0.6) is 0 Å². The number of carbonyl (C=O) groups is 1. The quantitative estimate of drug-likeness (QED) is 0.495. The fourth-order valence-electron chi connectivity index (χ4n) is 1.29. The van der Waals surface area contributed by atoms with E-state index in [0.717, 1.165) is 0 Å². The van der Waals surface area contributed by atoms with Gasteiger partial charge in [-0.1, -0.05) is 0 Å². The van der Waals surface area contributed by atoms with Gasteiger partial charge in [-0.25, -0.2) is 9.78 Å². The van der Waals surface area contributed by atoms with Gasteiger partial charge in [-0.2, -0.15) is 5.26 Å². The third-order valence-corrected chi connectivity index (χ3v) is 2.47. The number of esters is 1. The standard InChI is InChI=1S/C12H14N4O4/c1-12(2,6-13)7-14-10-9(16(18)19)5-4-8(15-10)11(17)20-3/h4-5H,7H2,1-3H3,(H,14,15). The van der Waals surface area contributed by atoms with Gasteiger partial charge in [0.15, 0.2) is 5.69 Å². The predicted octanol–water partition coefficient (Wildman–Crippen LogP) is 1.74. The van der Waals surface area contributed by atoms with E-state index < -0.39 is 16.3 Å². The zero-order valence-electron chi connectivity index (χ0n) is 11.3. The van der Waals surface area contributed by atoms with E-state index >= 15 is 0 Å². The molecule has 0 spiro atoms. The number of ether oxygens (including phenoxy) is 1. The number of pyridine rings is 1. The van der Waals surface area contributed by atoms with Crippen molar-refractivity contribution in [3.63, 3.8) is 0 Å². The van der Waals surface area contributed by atoms with Crippen LogP contribution < -0.4 is 5.32 Å². The Balaban J connectivity index is 3.10. The average molecular weight is 278 g/mol. The van der Waals surface area contributed by atoms with E-state index in [-0.39, 0.29) is 23.7 Å². The van der Waals surface area contributed by atoms with Gasteiger partial charge in [0, 0.05) is 12.6 Å². The molecule has 0 radical (unpaired) electrons. The first-order valence-corrected chi connectivity index (χ1v) is 5.69. The van der Waals surface area contributed by atoms with Crippen molar-refractivity contribution in [2.75, 3.05) is 19.0 Å². The summed E-state index contributed by atoms with van der Waals surface area (Å²) in [5.41, 5.74) is -1.04. The topological polar surface area (TPSA) is 118 Å². The molecule has 0 saturated heterocycles. The molecule has 0 saturated carbocycles. The Morgan fingerprint density at radius 1 is 1.60 bits per heavy atom. The molecule has 0 aliphatic carbocycles. The number of nitriles is 1. The molecular formula is C12H14N4O4. The fraction of sp³-hybridized carbons (Fsp3) is 0.417. The maximum Gasteiger partial charge on any atom is 0.356 e. The highest BCUT2D eigenvalue weighted by atomic mass is 16.6. The minimum Gasteiger partial charge on any atom is -0.464 e. The highest BCUT2D eigenvalue weighted by molar-refractivity contribution is 5.88. The van der Waals surface area contributed by atoms with E-state index in [4.69, 9.17) is 5.26 Å². The monoisotopic (exact) mass is 278 g/mol. The maximum absolute atomic E-state index is 11.4. The third-order valence-electron chi connectivity index (χ3n) is 2.47. The number of nitro groups is 1. The first kappa shape index (κ1) is 15.4. The molecule has 1 heterocycles. The largest absolute Gasteiger partial charge is 0.464 e. The molecule has 0 amide bonds. The van der Waals surface area contributed by atoms with E-state index in [1.807, 2.05) is 0 Å². The molecule has 1 aromatic rings. The summed E-state index contributed by atoms with van der Waals surface area (Å²) in [7, 11) is 1.19. The number of carbonyl (C=O) groups excluding carboxylic acids is 1. The molecule has 0 aromatic carbocycles. The van der Waals surface area contributed by atoms with Crippen LogP contribution in [0.3, 0.4) is 0 Å². The van der Waals surface area contributed by atoms with Gasteiger partial charge < -0.3 is 10.1 Å². The van der Waals surface area contributed by atoms with Crippen LogP contribution in [0.25, 0.3) is 0 Å². The molecule has 0 bridgehead atoms. The summed E-state index contributed by atoms with van der Waals surface area (Å²) in [4.78, 5) is 25.5. The first-order valence-electron chi connectivity index (χ1n) is 5.69. The second-order valence-electron chi connectivity index (χ2n) is 4.66. The zero-order chi connectivity index (χ0) is 15.3. The first-order chi connectivity index (χ1) is 9.30. The molecule has 106 valence electrons. The van der Waals surface area contributed by atoms with Crippen LogP contribution >= 0.6 is 0 Å². The summed E-state index contributed by atoms with van der Waals surface area (Å²) < 4.78 is 4.51. The summed E-state index contributed by atoms with van der Waals surface area (Å²) >= 11 is 0. The second kappa shape index (κ2) is 5.97. The summed E-state index contributed by atoms with van der Waals surface area (Å²) in [5, 5.41) is 22.5. The average Bonchev–Trinajstić information content (AvgIpc) is 2.43. The lowest BCUT2D eigenvalue weighted by atomic mass is 9.96. The van der Waals surface area contributed by atoms with Crippen molar-refractivity contribution < 1.29 is 14.5 Å². The normalized spacial score (nSPS) is 10.5. The number of rotatable bonds is 5. The van der Waals surface area contributed by atoms with Crippen molar-refractivity contribution in [3.8, 4) is 6.07 Å². The molecule has 20 heavy (non-hydrogen) atoms. The fourth-order valence-corrected chi connectivity index (χ4v) is 1.29. The summed E-state index contributed by atoms with van der Waals surface area (Å²) in [5.74, 6) is -0.760. The number of anilines is 1. The summed E-state index contributed by atoms with van der Waals surface area (Å²) in [6, 6.07) is 4.44. The summed E-state index contributed by atoms with van der Waals surface area (Å²) in [6.07, 6.45) is 0. The number of hydrogen-bond acceptors (Lipinski definition) is 7. The van der Waals surface area contributed by atoms with Gasteiger partial charge in [-0.05, 0) is 19.9 Å². The molecule has 1 N–H and O–H groups in total. The SMILES string of the molecule is COC(=O)c1ccc([N+](=O)[O-])c(NCC(C)(C)C#N)n1. The van der Waals surface area contributed by atoms with Gasteiger partial charge in [0.2, 0.25) is 5.82 Å². The van der Waals surface area contributed by atoms with Crippen LogP contribution in [0.1, 0.15) is 24.3 Å². The molecule has 8 heteroatoms. The molecule has 0 atom stereocenters. The predicted molar refractivity (Wildman–Crippen MR) is 70.1 cm³/mol. The smallest absolute Gasteiger partial charge is 0.356 e. The van der Waals surface area contributed by atoms with Crippen molar-refractivity contribution in [1.82, 2.24) is 4.98 Å². The Bertz CT molecular complexity index is 577. The van der Waals surface area contributed by atoms with Crippen LogP contribution in [0.4, 0.5) is 11.5 Å².